The van der Waals surface area contributed by atoms with Gasteiger partial charge in [-0.25, -0.2) is 0 Å². The molecule has 0 aliphatic carbocycles. The lowest BCUT2D eigenvalue weighted by atomic mass is 10.6. The van der Waals surface area contributed by atoms with Gasteiger partial charge in [0.05, 0.1) is 6.61 Å². The summed E-state index contributed by atoms with van der Waals surface area (Å²) in [7, 11) is 4.01. The lowest BCUT2D eigenvalue weighted by Crippen LogP contribution is -2.25. The monoisotopic (exact) mass is 132 g/mol. The Balaban J connectivity index is 2.91. The minimum atomic E-state index is -0.134. The van der Waals surface area contributed by atoms with E-state index >= 15 is 0 Å². The molecule has 0 amide bonds. The van der Waals surface area contributed by atoms with Gasteiger partial charge in [0.15, 0.2) is 0 Å². The zero-order chi connectivity index (χ0) is 7.28. The first-order valence-corrected chi connectivity index (χ1v) is 3.15. The van der Waals surface area contributed by atoms with E-state index in [4.69, 9.17) is 10.5 Å². The van der Waals surface area contributed by atoms with E-state index in [1.165, 1.54) is 0 Å². The summed E-state index contributed by atoms with van der Waals surface area (Å²) in [6.45, 7) is 3.47. The van der Waals surface area contributed by atoms with Crippen LogP contribution in [0.3, 0.4) is 0 Å². The Morgan fingerprint density at radius 2 is 2.11 bits per heavy atom. The predicted molar refractivity (Wildman–Crippen MR) is 38.2 cm³/mol. The van der Waals surface area contributed by atoms with Crippen LogP contribution in [-0.4, -0.2) is 38.4 Å². The number of likely N-dealkylation sites (N-methyl/N-ethyl adjacent to an activating group) is 1. The largest absolute Gasteiger partial charge is 0.363 e. The van der Waals surface area contributed by atoms with Gasteiger partial charge in [-0.2, -0.15) is 0 Å². The van der Waals surface area contributed by atoms with Crippen molar-refractivity contribution >= 4 is 0 Å². The van der Waals surface area contributed by atoms with Gasteiger partial charge < -0.3 is 15.4 Å². The zero-order valence-electron chi connectivity index (χ0n) is 6.42. The van der Waals surface area contributed by atoms with E-state index in [9.17, 15) is 0 Å². The first-order valence-electron chi connectivity index (χ1n) is 3.15. The molecule has 0 aromatic heterocycles. The molecule has 1 unspecified atom stereocenters. The molecule has 0 bridgehead atoms. The van der Waals surface area contributed by atoms with Gasteiger partial charge >= 0.3 is 0 Å². The fraction of sp³-hybridized carbons (Fsp3) is 1.00. The molecule has 0 saturated heterocycles. The lowest BCUT2D eigenvalue weighted by Gasteiger charge is -2.11. The standard InChI is InChI=1S/C6H16N2O/c1-6(7)9-5-4-8(2)3/h6H,4-5,7H2,1-3H3. The van der Waals surface area contributed by atoms with Crippen molar-refractivity contribution in [1.82, 2.24) is 4.90 Å². The van der Waals surface area contributed by atoms with Gasteiger partial charge in [0.2, 0.25) is 0 Å². The second kappa shape index (κ2) is 4.73. The number of hydrogen-bond donors (Lipinski definition) is 1. The van der Waals surface area contributed by atoms with Crippen LogP contribution in [0.1, 0.15) is 6.92 Å². The zero-order valence-corrected chi connectivity index (χ0v) is 6.42. The highest BCUT2D eigenvalue weighted by atomic mass is 16.5. The van der Waals surface area contributed by atoms with Gasteiger partial charge in [-0.3, -0.25) is 0 Å². The summed E-state index contributed by atoms with van der Waals surface area (Å²) >= 11 is 0. The third-order valence-corrected chi connectivity index (χ3v) is 0.919. The van der Waals surface area contributed by atoms with Gasteiger partial charge in [-0.1, -0.05) is 0 Å². The Labute approximate surface area is 56.8 Å². The molecule has 0 fully saturated rings. The molecule has 0 rings (SSSR count). The molecule has 0 aromatic carbocycles. The molecule has 0 aromatic rings. The van der Waals surface area contributed by atoms with Crippen molar-refractivity contribution in [3.63, 3.8) is 0 Å². The van der Waals surface area contributed by atoms with E-state index < -0.39 is 0 Å². The summed E-state index contributed by atoms with van der Waals surface area (Å²) in [4.78, 5) is 2.06. The second-order valence-electron chi connectivity index (χ2n) is 2.38. The maximum Gasteiger partial charge on any atom is 0.102 e. The van der Waals surface area contributed by atoms with Gasteiger partial charge in [-0.15, -0.1) is 0 Å². The van der Waals surface area contributed by atoms with E-state index in [2.05, 4.69) is 4.90 Å². The van der Waals surface area contributed by atoms with Crippen LogP contribution in [0.2, 0.25) is 0 Å². The molecule has 1 atom stereocenters. The fourth-order valence-electron chi connectivity index (χ4n) is 0.421. The second-order valence-corrected chi connectivity index (χ2v) is 2.38. The van der Waals surface area contributed by atoms with Crippen molar-refractivity contribution in [3.8, 4) is 0 Å². The molecule has 0 spiro atoms. The number of ether oxygens (including phenoxy) is 1. The molecule has 0 radical (unpaired) electrons. The molecule has 0 heterocycles. The van der Waals surface area contributed by atoms with Gasteiger partial charge in [0.25, 0.3) is 0 Å². The Morgan fingerprint density at radius 3 is 2.44 bits per heavy atom. The summed E-state index contributed by atoms with van der Waals surface area (Å²) in [6, 6.07) is 0. The number of nitrogens with zero attached hydrogens (tertiary/aromatic N) is 1. The highest BCUT2D eigenvalue weighted by Crippen LogP contribution is 1.80. The minimum absolute atomic E-state index is 0.134. The van der Waals surface area contributed by atoms with Crippen LogP contribution in [0, 0.1) is 0 Å². The molecular formula is C6H16N2O. The van der Waals surface area contributed by atoms with Crippen molar-refractivity contribution in [3.05, 3.63) is 0 Å². The molecule has 3 nitrogen and oxygen atoms in total. The predicted octanol–water partition coefficient (Wildman–Crippen LogP) is -0.131. The van der Waals surface area contributed by atoms with E-state index in [-0.39, 0.29) is 6.23 Å². The first-order chi connectivity index (χ1) is 4.13. The highest BCUT2D eigenvalue weighted by molar-refractivity contribution is 4.41. The van der Waals surface area contributed by atoms with Gasteiger partial charge in [-0.05, 0) is 21.0 Å². The SMILES string of the molecule is CC(N)OCCN(C)C. The van der Waals surface area contributed by atoms with Crippen molar-refractivity contribution in [1.29, 1.82) is 0 Å². The maximum absolute atomic E-state index is 5.34. The van der Waals surface area contributed by atoms with Crippen molar-refractivity contribution < 1.29 is 4.74 Å². The molecule has 0 aliphatic heterocycles. The van der Waals surface area contributed by atoms with Crippen LogP contribution in [0.15, 0.2) is 0 Å². The van der Waals surface area contributed by atoms with Crippen LogP contribution in [-0.2, 0) is 4.74 Å². The summed E-state index contributed by atoms with van der Waals surface area (Å²) in [5.41, 5.74) is 5.34. The number of nitrogens with two attached hydrogens (primary N) is 1. The van der Waals surface area contributed by atoms with Crippen molar-refractivity contribution in [2.24, 2.45) is 5.73 Å². The Hall–Kier alpha value is -0.120. The third kappa shape index (κ3) is 7.88. The fourth-order valence-corrected chi connectivity index (χ4v) is 0.421. The number of rotatable bonds is 4. The topological polar surface area (TPSA) is 38.5 Å². The summed E-state index contributed by atoms with van der Waals surface area (Å²) < 4.78 is 5.09. The molecule has 2 N–H and O–H groups in total. The van der Waals surface area contributed by atoms with E-state index in [0.29, 0.717) is 6.61 Å². The van der Waals surface area contributed by atoms with E-state index in [0.717, 1.165) is 6.54 Å². The van der Waals surface area contributed by atoms with Crippen LogP contribution in [0.25, 0.3) is 0 Å². The Bertz CT molecular complexity index is 56.1. The van der Waals surface area contributed by atoms with Gasteiger partial charge in [0, 0.05) is 6.54 Å². The summed E-state index contributed by atoms with van der Waals surface area (Å²) in [6.07, 6.45) is -0.134. The average Bonchev–Trinajstić information content (AvgIpc) is 1.63. The van der Waals surface area contributed by atoms with Crippen LogP contribution in [0.5, 0.6) is 0 Å². The molecule has 0 saturated carbocycles. The lowest BCUT2D eigenvalue weighted by molar-refractivity contribution is 0.0603. The number of hydrogen-bond acceptors (Lipinski definition) is 3. The van der Waals surface area contributed by atoms with E-state index in [1.54, 1.807) is 0 Å². The normalized spacial score (nSPS) is 14.3. The quantitative estimate of drug-likeness (QED) is 0.541. The molecule has 3 heteroatoms. The minimum Gasteiger partial charge on any atom is -0.363 e. The highest BCUT2D eigenvalue weighted by Gasteiger charge is 1.92. The smallest absolute Gasteiger partial charge is 0.102 e. The summed E-state index contributed by atoms with van der Waals surface area (Å²) in [5, 5.41) is 0. The van der Waals surface area contributed by atoms with Crippen LogP contribution in [0.4, 0.5) is 0 Å². The first kappa shape index (κ1) is 8.88. The van der Waals surface area contributed by atoms with Crippen LogP contribution < -0.4 is 5.73 Å². The van der Waals surface area contributed by atoms with E-state index in [1.807, 2.05) is 21.0 Å². The van der Waals surface area contributed by atoms with Crippen molar-refractivity contribution in [2.45, 2.75) is 13.2 Å². The summed E-state index contributed by atoms with van der Waals surface area (Å²) in [5.74, 6) is 0. The maximum atomic E-state index is 5.34. The Kier molecular flexibility index (Phi) is 4.67. The van der Waals surface area contributed by atoms with Crippen molar-refractivity contribution in [2.75, 3.05) is 27.2 Å². The molecule has 56 valence electrons. The molecule has 9 heavy (non-hydrogen) atoms. The van der Waals surface area contributed by atoms with Gasteiger partial charge in [0.1, 0.15) is 6.23 Å². The average molecular weight is 132 g/mol. The molecule has 0 aliphatic rings. The molecular weight excluding hydrogens is 116 g/mol. The third-order valence-electron chi connectivity index (χ3n) is 0.919. The Morgan fingerprint density at radius 1 is 1.56 bits per heavy atom. The van der Waals surface area contributed by atoms with Crippen LogP contribution >= 0.6 is 0 Å².